The minimum absolute atomic E-state index is 0.421. The summed E-state index contributed by atoms with van der Waals surface area (Å²) in [4.78, 5) is 2.23. The van der Waals surface area contributed by atoms with Crippen molar-refractivity contribution in [2.24, 2.45) is 0 Å². The SMILES string of the molecule is CN1CCC=C(c2c(N)noc2CCC#N)C1. The number of aryl methyl sites for hydroxylation is 1. The number of likely N-dealkylation sites (N-methyl/N-ethyl adjacent to an activating group) is 1. The van der Waals surface area contributed by atoms with E-state index in [1.54, 1.807) is 0 Å². The van der Waals surface area contributed by atoms with Crippen molar-refractivity contribution >= 4 is 11.4 Å². The molecule has 0 atom stereocenters. The summed E-state index contributed by atoms with van der Waals surface area (Å²) in [5.41, 5.74) is 7.90. The molecule has 1 aromatic heterocycles. The molecule has 0 saturated heterocycles. The monoisotopic (exact) mass is 232 g/mol. The molecule has 1 aromatic rings. The molecule has 0 bridgehead atoms. The second-order valence-electron chi connectivity index (χ2n) is 4.28. The van der Waals surface area contributed by atoms with Crippen LogP contribution in [-0.4, -0.2) is 30.2 Å². The molecule has 2 rings (SSSR count). The molecule has 0 radical (unpaired) electrons. The molecule has 0 spiro atoms. The van der Waals surface area contributed by atoms with Crippen LogP contribution in [0.15, 0.2) is 10.6 Å². The zero-order valence-corrected chi connectivity index (χ0v) is 9.94. The van der Waals surface area contributed by atoms with E-state index in [2.05, 4.69) is 29.2 Å². The Balaban J connectivity index is 2.27. The van der Waals surface area contributed by atoms with E-state index in [-0.39, 0.29) is 0 Å². The average molecular weight is 232 g/mol. The summed E-state index contributed by atoms with van der Waals surface area (Å²) in [6, 6.07) is 2.11. The van der Waals surface area contributed by atoms with E-state index < -0.39 is 0 Å². The Kier molecular flexibility index (Phi) is 3.45. The lowest BCUT2D eigenvalue weighted by molar-refractivity contribution is 0.370. The van der Waals surface area contributed by atoms with Gasteiger partial charge in [0, 0.05) is 25.9 Å². The van der Waals surface area contributed by atoms with Crippen LogP contribution in [0.3, 0.4) is 0 Å². The summed E-state index contributed by atoms with van der Waals surface area (Å²) in [6.45, 7) is 1.91. The molecule has 17 heavy (non-hydrogen) atoms. The zero-order valence-electron chi connectivity index (χ0n) is 9.94. The van der Waals surface area contributed by atoms with Crippen LogP contribution < -0.4 is 5.73 Å². The third-order valence-electron chi connectivity index (χ3n) is 2.92. The van der Waals surface area contributed by atoms with Crippen molar-refractivity contribution in [2.45, 2.75) is 19.3 Å². The predicted molar refractivity (Wildman–Crippen MR) is 64.9 cm³/mol. The van der Waals surface area contributed by atoms with Gasteiger partial charge >= 0.3 is 0 Å². The molecule has 5 nitrogen and oxygen atoms in total. The van der Waals surface area contributed by atoms with Gasteiger partial charge in [-0.05, 0) is 19.0 Å². The van der Waals surface area contributed by atoms with E-state index in [4.69, 9.17) is 15.5 Å². The van der Waals surface area contributed by atoms with Crippen molar-refractivity contribution in [2.75, 3.05) is 25.9 Å². The molecule has 2 heterocycles. The maximum atomic E-state index is 8.61. The number of rotatable bonds is 3. The van der Waals surface area contributed by atoms with Gasteiger partial charge < -0.3 is 15.2 Å². The molecule has 90 valence electrons. The number of anilines is 1. The van der Waals surface area contributed by atoms with Gasteiger partial charge in [0.05, 0.1) is 11.6 Å². The van der Waals surface area contributed by atoms with Gasteiger partial charge in [-0.3, -0.25) is 0 Å². The van der Waals surface area contributed by atoms with Gasteiger partial charge in [0.1, 0.15) is 5.76 Å². The minimum atomic E-state index is 0.421. The smallest absolute Gasteiger partial charge is 0.174 e. The largest absolute Gasteiger partial charge is 0.380 e. The van der Waals surface area contributed by atoms with Gasteiger partial charge in [-0.25, -0.2) is 0 Å². The quantitative estimate of drug-likeness (QED) is 0.852. The second kappa shape index (κ2) is 5.02. The van der Waals surface area contributed by atoms with E-state index in [9.17, 15) is 0 Å². The van der Waals surface area contributed by atoms with Gasteiger partial charge in [-0.15, -0.1) is 0 Å². The number of nitriles is 1. The molecule has 1 aliphatic heterocycles. The van der Waals surface area contributed by atoms with Crippen molar-refractivity contribution < 1.29 is 4.52 Å². The van der Waals surface area contributed by atoms with Crippen LogP contribution in [0, 0.1) is 11.3 Å². The minimum Gasteiger partial charge on any atom is -0.380 e. The lowest BCUT2D eigenvalue weighted by Gasteiger charge is -2.22. The molecule has 2 N–H and O–H groups in total. The maximum Gasteiger partial charge on any atom is 0.174 e. The molecule has 0 saturated carbocycles. The lowest BCUT2D eigenvalue weighted by atomic mass is 10.00. The molecule has 0 aliphatic carbocycles. The van der Waals surface area contributed by atoms with E-state index >= 15 is 0 Å². The Morgan fingerprint density at radius 3 is 3.18 bits per heavy atom. The average Bonchev–Trinajstić information content (AvgIpc) is 2.68. The molecule has 0 amide bonds. The highest BCUT2D eigenvalue weighted by atomic mass is 16.5. The van der Waals surface area contributed by atoms with Crippen LogP contribution in [0.5, 0.6) is 0 Å². The van der Waals surface area contributed by atoms with Crippen molar-refractivity contribution in [3.8, 4) is 6.07 Å². The standard InChI is InChI=1S/C12H16N4O/c1-16-7-3-4-9(8-16)11-10(5-2-6-13)17-15-12(11)14/h4H,2-3,5,7-8H2,1H3,(H2,14,15). The van der Waals surface area contributed by atoms with E-state index in [0.717, 1.165) is 36.4 Å². The van der Waals surface area contributed by atoms with Gasteiger partial charge in [-0.1, -0.05) is 11.2 Å². The highest BCUT2D eigenvalue weighted by molar-refractivity contribution is 5.76. The fourth-order valence-corrected chi connectivity index (χ4v) is 2.10. The van der Waals surface area contributed by atoms with Crippen LogP contribution in [-0.2, 0) is 6.42 Å². The van der Waals surface area contributed by atoms with Crippen molar-refractivity contribution in [3.05, 3.63) is 17.4 Å². The van der Waals surface area contributed by atoms with Gasteiger partial charge in [0.2, 0.25) is 0 Å². The molecular formula is C12H16N4O. The van der Waals surface area contributed by atoms with Crippen molar-refractivity contribution in [3.63, 3.8) is 0 Å². The molecular weight excluding hydrogens is 216 g/mol. The molecule has 0 fully saturated rings. The first-order valence-corrected chi connectivity index (χ1v) is 5.71. The summed E-state index contributed by atoms with van der Waals surface area (Å²) in [6.07, 6.45) is 4.18. The first-order chi connectivity index (χ1) is 8.22. The number of hydrogen-bond donors (Lipinski definition) is 1. The van der Waals surface area contributed by atoms with Crippen LogP contribution in [0.1, 0.15) is 24.2 Å². The molecule has 1 aliphatic rings. The van der Waals surface area contributed by atoms with E-state index in [1.165, 1.54) is 0 Å². The van der Waals surface area contributed by atoms with Crippen LogP contribution in [0.2, 0.25) is 0 Å². The number of nitrogens with two attached hydrogens (primary N) is 1. The lowest BCUT2D eigenvalue weighted by Crippen LogP contribution is -2.25. The zero-order chi connectivity index (χ0) is 12.3. The second-order valence-corrected chi connectivity index (χ2v) is 4.28. The summed E-state index contributed by atoms with van der Waals surface area (Å²) >= 11 is 0. The maximum absolute atomic E-state index is 8.61. The number of aromatic nitrogens is 1. The number of nitrogen functional groups attached to an aromatic ring is 1. The van der Waals surface area contributed by atoms with E-state index in [1.807, 2.05) is 0 Å². The summed E-state index contributed by atoms with van der Waals surface area (Å²) in [5.74, 6) is 1.16. The highest BCUT2D eigenvalue weighted by Crippen LogP contribution is 2.29. The van der Waals surface area contributed by atoms with Crippen LogP contribution >= 0.6 is 0 Å². The van der Waals surface area contributed by atoms with Crippen LogP contribution in [0.4, 0.5) is 5.82 Å². The number of hydrogen-bond acceptors (Lipinski definition) is 5. The highest BCUT2D eigenvalue weighted by Gasteiger charge is 2.20. The molecule has 0 aromatic carbocycles. The van der Waals surface area contributed by atoms with E-state index in [0.29, 0.717) is 18.7 Å². The van der Waals surface area contributed by atoms with Crippen molar-refractivity contribution in [1.82, 2.24) is 10.1 Å². The van der Waals surface area contributed by atoms with Crippen LogP contribution in [0.25, 0.3) is 5.57 Å². The summed E-state index contributed by atoms with van der Waals surface area (Å²) in [7, 11) is 2.08. The van der Waals surface area contributed by atoms with Crippen molar-refractivity contribution in [1.29, 1.82) is 5.26 Å². The topological polar surface area (TPSA) is 79.1 Å². The third-order valence-corrected chi connectivity index (χ3v) is 2.92. The summed E-state index contributed by atoms with van der Waals surface area (Å²) < 4.78 is 5.20. The fourth-order valence-electron chi connectivity index (χ4n) is 2.10. The Hall–Kier alpha value is -1.80. The number of nitrogens with zero attached hydrogens (tertiary/aromatic N) is 3. The van der Waals surface area contributed by atoms with Gasteiger partial charge in [0.25, 0.3) is 0 Å². The normalized spacial score (nSPS) is 16.6. The Labute approximate surface area is 100 Å². The third kappa shape index (κ3) is 2.48. The Morgan fingerprint density at radius 2 is 2.47 bits per heavy atom. The summed E-state index contributed by atoms with van der Waals surface area (Å²) in [5, 5.41) is 12.4. The first-order valence-electron chi connectivity index (χ1n) is 5.71. The first kappa shape index (κ1) is 11.7. The molecule has 0 unspecified atom stereocenters. The fraction of sp³-hybridized carbons (Fsp3) is 0.500. The Morgan fingerprint density at radius 1 is 1.65 bits per heavy atom. The molecule has 5 heteroatoms. The van der Waals surface area contributed by atoms with Gasteiger partial charge in [0.15, 0.2) is 5.82 Å². The van der Waals surface area contributed by atoms with Gasteiger partial charge in [-0.2, -0.15) is 5.26 Å². The Bertz CT molecular complexity index is 469. The predicted octanol–water partition coefficient (Wildman–Crippen LogP) is 1.43.